The van der Waals surface area contributed by atoms with Crippen LogP contribution in [-0.2, 0) is 11.4 Å². The molecule has 0 unspecified atom stereocenters. The maximum Gasteiger partial charge on any atom is 0.236 e. The van der Waals surface area contributed by atoms with E-state index >= 15 is 0 Å². The van der Waals surface area contributed by atoms with Crippen LogP contribution in [0, 0.1) is 0 Å². The van der Waals surface area contributed by atoms with Crippen LogP contribution in [0.5, 0.6) is 5.75 Å². The molecule has 128 valence electrons. The van der Waals surface area contributed by atoms with E-state index in [0.29, 0.717) is 33.3 Å². The molecule has 1 aliphatic rings. The van der Waals surface area contributed by atoms with Crippen LogP contribution in [0.2, 0.25) is 10.0 Å². The Balaban J connectivity index is 1.69. The Hall–Kier alpha value is -2.02. The highest BCUT2D eigenvalue weighted by molar-refractivity contribution is 8.15. The van der Waals surface area contributed by atoms with Gasteiger partial charge in [-0.1, -0.05) is 53.2 Å². The van der Waals surface area contributed by atoms with Gasteiger partial charge in [-0.15, -0.1) is 5.10 Å². The zero-order valence-corrected chi connectivity index (χ0v) is 15.2. The number of thioether (sulfide) groups is 1. The summed E-state index contributed by atoms with van der Waals surface area (Å²) >= 11 is 13.4. The first kappa shape index (κ1) is 17.8. The van der Waals surface area contributed by atoms with E-state index in [-0.39, 0.29) is 5.91 Å². The lowest BCUT2D eigenvalue weighted by atomic mass is 10.2. The summed E-state index contributed by atoms with van der Waals surface area (Å²) in [6.07, 6.45) is 1.58. The van der Waals surface area contributed by atoms with E-state index in [9.17, 15) is 4.79 Å². The number of nitrogens with one attached hydrogen (secondary N) is 1. The Morgan fingerprint density at radius 3 is 2.84 bits per heavy atom. The second-order valence-electron chi connectivity index (χ2n) is 5.05. The summed E-state index contributed by atoms with van der Waals surface area (Å²) in [7, 11) is 0. The van der Waals surface area contributed by atoms with Crippen molar-refractivity contribution in [2.24, 2.45) is 10.2 Å². The fraction of sp³-hybridized carbons (Fsp3) is 0.118. The van der Waals surface area contributed by atoms with E-state index in [1.54, 1.807) is 18.3 Å². The number of ether oxygens (including phenoxy) is 1. The highest BCUT2D eigenvalue weighted by Gasteiger charge is 2.16. The molecule has 1 heterocycles. The fourth-order valence-electron chi connectivity index (χ4n) is 2.04. The van der Waals surface area contributed by atoms with E-state index in [4.69, 9.17) is 27.9 Å². The molecule has 0 aromatic heterocycles. The van der Waals surface area contributed by atoms with E-state index in [1.807, 2.05) is 30.3 Å². The number of hydrogen-bond acceptors (Lipinski definition) is 5. The van der Waals surface area contributed by atoms with Crippen molar-refractivity contribution in [3.8, 4) is 5.75 Å². The number of hydrogen-bond donors (Lipinski definition) is 1. The number of carbonyl (C=O) groups excluding carboxylic acids is 1. The van der Waals surface area contributed by atoms with E-state index in [1.165, 1.54) is 11.8 Å². The summed E-state index contributed by atoms with van der Waals surface area (Å²) in [6, 6.07) is 12.7. The monoisotopic (exact) mass is 393 g/mol. The van der Waals surface area contributed by atoms with Crippen LogP contribution in [0.25, 0.3) is 0 Å². The van der Waals surface area contributed by atoms with Gasteiger partial charge in [-0.05, 0) is 24.3 Å². The van der Waals surface area contributed by atoms with Crippen LogP contribution in [0.15, 0.2) is 52.7 Å². The molecule has 5 nitrogen and oxygen atoms in total. The molecule has 0 spiro atoms. The first-order valence-electron chi connectivity index (χ1n) is 7.31. The molecular formula is C17H13Cl2N3O2S. The Bertz CT molecular complexity index is 856. The number of benzene rings is 2. The van der Waals surface area contributed by atoms with Gasteiger partial charge < -0.3 is 10.1 Å². The third-order valence-electron chi connectivity index (χ3n) is 3.25. The third-order valence-corrected chi connectivity index (χ3v) is 4.70. The van der Waals surface area contributed by atoms with Crippen molar-refractivity contribution in [3.05, 3.63) is 63.6 Å². The highest BCUT2D eigenvalue weighted by atomic mass is 35.5. The minimum absolute atomic E-state index is 0.0671. The molecule has 0 aliphatic carbocycles. The molecule has 1 N–H and O–H groups in total. The second kappa shape index (κ2) is 8.38. The summed E-state index contributed by atoms with van der Waals surface area (Å²) in [5.74, 6) is 0.957. The fourth-order valence-corrected chi connectivity index (χ4v) is 3.13. The molecule has 1 aliphatic heterocycles. The van der Waals surface area contributed by atoms with Crippen LogP contribution < -0.4 is 10.1 Å². The average Bonchev–Trinajstić information content (AvgIpc) is 3.00. The van der Waals surface area contributed by atoms with Crippen molar-refractivity contribution in [2.75, 3.05) is 5.75 Å². The summed E-state index contributed by atoms with van der Waals surface area (Å²) in [5, 5.41) is 12.2. The number of amides is 1. The van der Waals surface area contributed by atoms with Gasteiger partial charge in [0.05, 0.1) is 12.0 Å². The zero-order valence-electron chi connectivity index (χ0n) is 12.9. The Morgan fingerprint density at radius 1 is 1.24 bits per heavy atom. The molecule has 1 saturated heterocycles. The third kappa shape index (κ3) is 4.98. The highest BCUT2D eigenvalue weighted by Crippen LogP contribution is 2.24. The van der Waals surface area contributed by atoms with Gasteiger partial charge in [0.2, 0.25) is 5.91 Å². The normalized spacial score (nSPS) is 15.8. The largest absolute Gasteiger partial charge is 0.488 e. The lowest BCUT2D eigenvalue weighted by Gasteiger charge is -2.10. The summed E-state index contributed by atoms with van der Waals surface area (Å²) in [4.78, 5) is 11.1. The zero-order chi connectivity index (χ0) is 17.6. The quantitative estimate of drug-likeness (QED) is 0.613. The molecule has 0 bridgehead atoms. The van der Waals surface area contributed by atoms with E-state index < -0.39 is 0 Å². The van der Waals surface area contributed by atoms with Crippen molar-refractivity contribution < 1.29 is 9.53 Å². The summed E-state index contributed by atoms with van der Waals surface area (Å²) in [5.41, 5.74) is 1.61. The van der Waals surface area contributed by atoms with Crippen molar-refractivity contribution in [2.45, 2.75) is 6.61 Å². The lowest BCUT2D eigenvalue weighted by molar-refractivity contribution is -0.116. The van der Waals surface area contributed by atoms with Crippen LogP contribution in [-0.4, -0.2) is 23.0 Å². The van der Waals surface area contributed by atoms with Crippen LogP contribution in [0.4, 0.5) is 0 Å². The number of carbonyl (C=O) groups is 1. The smallest absolute Gasteiger partial charge is 0.236 e. The number of nitrogens with zero attached hydrogens (tertiary/aromatic N) is 2. The molecule has 1 amide bonds. The van der Waals surface area contributed by atoms with Crippen molar-refractivity contribution in [1.29, 1.82) is 0 Å². The molecule has 0 atom stereocenters. The maximum atomic E-state index is 11.1. The van der Waals surface area contributed by atoms with E-state index in [2.05, 4.69) is 15.5 Å². The van der Waals surface area contributed by atoms with Gasteiger partial charge in [-0.3, -0.25) is 4.79 Å². The summed E-state index contributed by atoms with van der Waals surface area (Å²) in [6.45, 7) is 0.307. The SMILES string of the molecule is O=C1CS/C(=N/N=C\c2ccccc2OCc2ccc(Cl)cc2Cl)N1. The minimum atomic E-state index is -0.0671. The number of halogens is 2. The topological polar surface area (TPSA) is 63.0 Å². The molecular weight excluding hydrogens is 381 g/mol. The second-order valence-corrected chi connectivity index (χ2v) is 6.86. The van der Waals surface area contributed by atoms with E-state index in [0.717, 1.165) is 11.1 Å². The molecule has 8 heteroatoms. The minimum Gasteiger partial charge on any atom is -0.488 e. The predicted octanol–water partition coefficient (Wildman–Crippen LogP) is 4.13. The summed E-state index contributed by atoms with van der Waals surface area (Å²) < 4.78 is 5.84. The number of para-hydroxylation sites is 1. The van der Waals surface area contributed by atoms with Crippen LogP contribution in [0.1, 0.15) is 11.1 Å². The number of amidine groups is 1. The number of rotatable bonds is 5. The van der Waals surface area contributed by atoms with Crippen LogP contribution >= 0.6 is 35.0 Å². The van der Waals surface area contributed by atoms with Gasteiger partial charge in [0, 0.05) is 21.2 Å². The van der Waals surface area contributed by atoms with Crippen LogP contribution in [0.3, 0.4) is 0 Å². The molecule has 3 rings (SSSR count). The van der Waals surface area contributed by atoms with Gasteiger partial charge in [0.1, 0.15) is 12.4 Å². The molecule has 25 heavy (non-hydrogen) atoms. The van der Waals surface area contributed by atoms with Gasteiger partial charge in [0.15, 0.2) is 5.17 Å². The van der Waals surface area contributed by atoms with Crippen molar-refractivity contribution in [3.63, 3.8) is 0 Å². The first-order valence-corrected chi connectivity index (χ1v) is 9.05. The van der Waals surface area contributed by atoms with Crippen molar-refractivity contribution in [1.82, 2.24) is 5.32 Å². The Morgan fingerprint density at radius 2 is 2.08 bits per heavy atom. The predicted molar refractivity (Wildman–Crippen MR) is 103 cm³/mol. The lowest BCUT2D eigenvalue weighted by Crippen LogP contribution is -2.19. The molecule has 0 saturated carbocycles. The Labute approximate surface area is 159 Å². The Kier molecular flexibility index (Phi) is 5.96. The van der Waals surface area contributed by atoms with Gasteiger partial charge in [-0.25, -0.2) is 0 Å². The molecule has 2 aromatic rings. The molecule has 0 radical (unpaired) electrons. The maximum absolute atomic E-state index is 11.1. The first-order chi connectivity index (χ1) is 12.1. The average molecular weight is 394 g/mol. The van der Waals surface area contributed by atoms with Gasteiger partial charge >= 0.3 is 0 Å². The standard InChI is InChI=1S/C17H13Cl2N3O2S/c18-13-6-5-12(14(19)7-13)9-24-15-4-2-1-3-11(15)8-20-22-17-21-16(23)10-25-17/h1-8H,9-10H2,(H,21,22,23)/b20-8-. The molecule has 2 aromatic carbocycles. The van der Waals surface area contributed by atoms with Crippen molar-refractivity contribution >= 4 is 52.3 Å². The van der Waals surface area contributed by atoms with Gasteiger partial charge in [-0.2, -0.15) is 5.10 Å². The molecule has 1 fully saturated rings. The van der Waals surface area contributed by atoms with Gasteiger partial charge in [0.25, 0.3) is 0 Å².